The number of aliphatic hydroxyl groups is 2. The minimum atomic E-state index is -2.01. The molecule has 0 aromatic heterocycles. The number of nitrogens with two attached hydrogens (primary N) is 1. The molecule has 13 rings (SSSR count). The van der Waals surface area contributed by atoms with Crippen LogP contribution in [0.3, 0.4) is 0 Å². The summed E-state index contributed by atoms with van der Waals surface area (Å²) in [4.78, 5) is 107. The van der Waals surface area contributed by atoms with Gasteiger partial charge in [-0.25, -0.2) is 14.4 Å². The molecule has 5 fully saturated rings. The van der Waals surface area contributed by atoms with Crippen molar-refractivity contribution in [3.05, 3.63) is 98.8 Å². The van der Waals surface area contributed by atoms with Gasteiger partial charge in [-0.2, -0.15) is 0 Å². The highest BCUT2D eigenvalue weighted by Crippen LogP contribution is 2.68. The summed E-state index contributed by atoms with van der Waals surface area (Å²) in [5, 5.41) is 40.6. The number of carbonyl (C=O) groups is 7. The fourth-order valence-corrected chi connectivity index (χ4v) is 21.1. The summed E-state index contributed by atoms with van der Waals surface area (Å²) < 4.78 is 29.1. The molecule has 3 amide bonds. The molecule has 1 spiro atoms. The molecular formula is C68H85N7O15S2. The summed E-state index contributed by atoms with van der Waals surface area (Å²) in [7, 11) is 7.71. The van der Waals surface area contributed by atoms with Crippen LogP contribution in [0.4, 0.5) is 20.1 Å². The first-order valence-corrected chi connectivity index (χ1v) is 35.1. The Labute approximate surface area is 544 Å². The molecule has 6 N–H and O–H groups in total. The topological polar surface area (TPSA) is 280 Å². The quantitative estimate of drug-likeness (QED) is 0.0243. The Kier molecular flexibility index (Phi) is 16.6. The lowest BCUT2D eigenvalue weighted by Crippen LogP contribution is -2.75. The first kappa shape index (κ1) is 64.3. The van der Waals surface area contributed by atoms with E-state index in [4.69, 9.17) is 29.4 Å². The minimum Gasteiger partial charge on any atom is -0.496 e. The number of piperidine rings is 1. The number of nitrogens with zero attached hydrogens (tertiary/aromatic N) is 5. The van der Waals surface area contributed by atoms with Crippen LogP contribution in [-0.2, 0) is 55.4 Å². The molecule has 2 aromatic rings. The van der Waals surface area contributed by atoms with Gasteiger partial charge in [-0.3, -0.25) is 33.9 Å². The number of amides is 3. The smallest absolute Gasteiger partial charge is 0.410 e. The highest BCUT2D eigenvalue weighted by Gasteiger charge is 2.79. The van der Waals surface area contributed by atoms with Crippen LogP contribution in [0.1, 0.15) is 108 Å². The van der Waals surface area contributed by atoms with Gasteiger partial charge in [0, 0.05) is 109 Å². The number of likely N-dealkylation sites (N-methyl/N-ethyl adjacent to an activating group) is 1. The van der Waals surface area contributed by atoms with Gasteiger partial charge in [0.25, 0.3) is 0 Å². The van der Waals surface area contributed by atoms with E-state index in [-0.39, 0.29) is 74.0 Å². The number of nitrogens with one attached hydrogen (secondary N) is 1. The minimum absolute atomic E-state index is 0.0108. The second kappa shape index (κ2) is 23.8. The maximum atomic E-state index is 15.2. The van der Waals surface area contributed by atoms with E-state index >= 15 is 9.59 Å². The zero-order valence-electron chi connectivity index (χ0n) is 53.5. The number of ether oxygens (including phenoxy) is 5. The molecule has 1 unspecified atom stereocenters. The van der Waals surface area contributed by atoms with Gasteiger partial charge in [-0.15, -0.1) is 0 Å². The maximum Gasteiger partial charge on any atom is 0.410 e. The molecular weight excluding hydrogens is 1220 g/mol. The van der Waals surface area contributed by atoms with E-state index in [0.717, 1.165) is 33.5 Å². The number of aliphatic carboxylic acids is 1. The second-order valence-corrected chi connectivity index (χ2v) is 30.0. The summed E-state index contributed by atoms with van der Waals surface area (Å²) in [5.74, 6) is -2.07. The van der Waals surface area contributed by atoms with Gasteiger partial charge < -0.3 is 59.9 Å². The third-order valence-electron chi connectivity index (χ3n) is 23.1. The summed E-state index contributed by atoms with van der Waals surface area (Å²) >= 11 is 0. The van der Waals surface area contributed by atoms with Crippen LogP contribution >= 0.6 is 21.6 Å². The third kappa shape index (κ3) is 9.53. The highest BCUT2D eigenvalue weighted by atomic mass is 33.1. The van der Waals surface area contributed by atoms with Crippen molar-refractivity contribution >= 4 is 74.4 Å². The SMILES string of the molecule is CCCC1=C(C)C(=O)C2=C(C1=O)[C@@H](COC(N)=O)[C@@]1(OC)[C@@H]3[C@H](CN21)N3C(=O)OCCSSCCOC(=O)NCC(=O)[C@@]1(O)C[C@]2(CC)C=CCN3CC[C@@]4(c5cc([C@@]6(C(=O)O)C[C@@H]7CN(CCC8=C6Cc6ccccc68)C[C@](O)(CC)C7)c(OC)cc5N(C)[C@H]41)[C@@H]32. The average molecular weight is 1300 g/mol. The highest BCUT2D eigenvalue weighted by molar-refractivity contribution is 8.76. The van der Waals surface area contributed by atoms with E-state index in [2.05, 4.69) is 52.4 Å². The van der Waals surface area contributed by atoms with Crippen LogP contribution in [-0.4, -0.2) is 216 Å². The number of methoxy groups -OCH3 is 2. The van der Waals surface area contributed by atoms with E-state index in [0.29, 0.717) is 118 Å². The van der Waals surface area contributed by atoms with Crippen molar-refractivity contribution in [3.63, 3.8) is 0 Å². The molecule has 1 saturated carbocycles. The Balaban J connectivity index is 0.676. The van der Waals surface area contributed by atoms with Crippen LogP contribution in [0.5, 0.6) is 5.75 Å². The Morgan fingerprint density at radius 2 is 1.66 bits per heavy atom. The number of Topliss-reactive ketones (excluding diaryl/α,β-unsaturated/α-hetero) is 3. The summed E-state index contributed by atoms with van der Waals surface area (Å²) in [6, 6.07) is 10.2. The summed E-state index contributed by atoms with van der Waals surface area (Å²) in [6.45, 7) is 10.3. The van der Waals surface area contributed by atoms with Crippen LogP contribution < -0.4 is 20.7 Å². The lowest BCUT2D eigenvalue weighted by Gasteiger charge is -2.61. The first-order valence-electron chi connectivity index (χ1n) is 32.6. The largest absolute Gasteiger partial charge is 0.496 e. The van der Waals surface area contributed by atoms with Crippen molar-refractivity contribution in [2.24, 2.45) is 23.0 Å². The molecule has 13 atom stereocenters. The number of carbonyl (C=O) groups excluding carboxylic acids is 6. The third-order valence-corrected chi connectivity index (χ3v) is 25.4. The Morgan fingerprint density at radius 1 is 0.902 bits per heavy atom. The number of hydrogen-bond acceptors (Lipinski definition) is 20. The van der Waals surface area contributed by atoms with Gasteiger partial charge in [-0.05, 0) is 111 Å². The number of primary amides is 1. The molecule has 0 radical (unpaired) electrons. The summed E-state index contributed by atoms with van der Waals surface area (Å²) in [6.07, 6.45) is 6.46. The second-order valence-electron chi connectivity index (χ2n) is 27.3. The number of rotatable bonds is 20. The predicted octanol–water partition coefficient (Wildman–Crippen LogP) is 6.29. The molecule has 22 nitrogen and oxygen atoms in total. The van der Waals surface area contributed by atoms with E-state index in [1.54, 1.807) is 18.9 Å². The molecule has 494 valence electrons. The number of piperazine rings is 1. The molecule has 2 aromatic carbocycles. The van der Waals surface area contributed by atoms with Gasteiger partial charge in [0.05, 0.1) is 43.0 Å². The number of anilines is 1. The molecule has 11 aliphatic rings. The molecule has 24 heteroatoms. The van der Waals surface area contributed by atoms with Crippen molar-refractivity contribution < 1.29 is 72.6 Å². The number of alkyl carbamates (subject to hydrolysis) is 1. The van der Waals surface area contributed by atoms with E-state index in [1.807, 2.05) is 44.0 Å². The van der Waals surface area contributed by atoms with Crippen LogP contribution in [0.2, 0.25) is 0 Å². The number of carboxylic acids is 1. The Bertz CT molecular complexity index is 3600. The first-order chi connectivity index (χ1) is 44.1. The average Bonchev–Trinajstić information content (AvgIpc) is 1.48. The molecule has 8 aliphatic heterocycles. The number of hydrogen-bond donors (Lipinski definition) is 5. The van der Waals surface area contributed by atoms with Gasteiger partial charge >= 0.3 is 24.2 Å². The number of ketones is 3. The van der Waals surface area contributed by atoms with Crippen LogP contribution in [0.25, 0.3) is 5.57 Å². The fraction of sp³-hybridized carbons (Fsp3) is 0.603. The van der Waals surface area contributed by atoms with Crippen LogP contribution in [0, 0.1) is 17.3 Å². The van der Waals surface area contributed by atoms with E-state index in [1.165, 1.54) is 33.6 Å². The molecule has 4 saturated heterocycles. The van der Waals surface area contributed by atoms with Crippen LogP contribution in [0.15, 0.2) is 76.5 Å². The number of allylic oxidation sites excluding steroid dienone is 2. The van der Waals surface area contributed by atoms with E-state index < -0.39 is 93.8 Å². The van der Waals surface area contributed by atoms with Gasteiger partial charge in [0.1, 0.15) is 42.6 Å². The zero-order valence-corrected chi connectivity index (χ0v) is 55.1. The van der Waals surface area contributed by atoms with Crippen molar-refractivity contribution in [2.75, 3.05) is 103 Å². The van der Waals surface area contributed by atoms with Gasteiger partial charge in [-0.1, -0.05) is 85.2 Å². The molecule has 8 heterocycles. The van der Waals surface area contributed by atoms with Gasteiger partial charge in [0.15, 0.2) is 17.3 Å². The lowest BCUT2D eigenvalue weighted by atomic mass is 9.48. The van der Waals surface area contributed by atoms with Crippen molar-refractivity contribution in [1.29, 1.82) is 0 Å². The Morgan fingerprint density at radius 3 is 2.37 bits per heavy atom. The fourth-order valence-electron chi connectivity index (χ4n) is 19.4. The maximum absolute atomic E-state index is 15.2. The molecule has 92 heavy (non-hydrogen) atoms. The molecule has 3 aliphatic carbocycles. The number of carboxylic acid groups (broad SMARTS) is 1. The zero-order chi connectivity index (χ0) is 65.2. The summed E-state index contributed by atoms with van der Waals surface area (Å²) in [5.41, 5.74) is 5.23. The normalized spacial score (nSPS) is 34.4. The standard InChI is InChI=1S/C68H85N7O15S2/c1-8-14-41-38(4)54(77)53-52(55(41)78)47(35-90-60(69)81)68(87-7)56-49(34-74(53)68)75(56)62(83)89-24-26-92-91-25-23-88-61(82)70-32-51(76)67(85)36-63(9-2)18-13-20-73-22-19-65(57(63)73)45-28-46(50(86-6)29-48(45)71(5)58(65)67)66(59(79)80)31-39-30-64(84,10-3)37-72(33-39)21-17-43-42-16-12-11-15-40(42)27-44(43)66/h11-13,15-16,18,28-29,39,47,49,56-58,84-85H,8-10,14,17,19-27,30-37H2,1-7H3,(H2,69,81)(H,70,82)(H,79,80)/t39-,47-,49+,56+,57+,58-,63+,64+,65-,66-,67+,68-,75?/m1/s1. The molecule has 2 bridgehead atoms. The van der Waals surface area contributed by atoms with Crippen molar-refractivity contribution in [2.45, 2.75) is 144 Å². The van der Waals surface area contributed by atoms with Crippen molar-refractivity contribution in [3.8, 4) is 5.75 Å². The monoisotopic (exact) mass is 1300 g/mol. The lowest BCUT2D eigenvalue weighted by molar-refractivity contribution is -0.156. The number of benzene rings is 2. The van der Waals surface area contributed by atoms with E-state index in [9.17, 15) is 39.3 Å². The van der Waals surface area contributed by atoms with Crippen molar-refractivity contribution in [1.82, 2.24) is 24.9 Å². The van der Waals surface area contributed by atoms with Gasteiger partial charge in [0.2, 0.25) is 5.78 Å². The predicted molar refractivity (Wildman–Crippen MR) is 344 cm³/mol. The number of fused-ring (bicyclic) bond motifs is 9. The Hall–Kier alpha value is -6.41.